The summed E-state index contributed by atoms with van der Waals surface area (Å²) < 4.78 is 5.05. The Hall–Kier alpha value is -2.10. The zero-order valence-corrected chi connectivity index (χ0v) is 8.10. The van der Waals surface area contributed by atoms with Crippen molar-refractivity contribution in [3.05, 3.63) is 41.6 Å². The van der Waals surface area contributed by atoms with Crippen LogP contribution in [0.3, 0.4) is 0 Å². The second-order valence-electron chi connectivity index (χ2n) is 3.22. The van der Waals surface area contributed by atoms with Crippen LogP contribution in [0.2, 0.25) is 0 Å². The molecule has 1 aromatic carbocycles. The minimum atomic E-state index is -0.935. The molecule has 0 atom stereocenters. The summed E-state index contributed by atoms with van der Waals surface area (Å²) in [4.78, 5) is 10.6. The lowest BCUT2D eigenvalue weighted by Gasteiger charge is -1.96. The molecule has 0 aliphatic carbocycles. The average molecular weight is 203 g/mol. The minimum Gasteiger partial charge on any atom is -0.478 e. The number of hydrogen-bond donors (Lipinski definition) is 1. The normalized spacial score (nSPS) is 10.2. The number of carboxylic acids is 1. The molecule has 76 valence electrons. The quantitative estimate of drug-likeness (QED) is 0.813. The number of hydrogen-bond acceptors (Lipinski definition) is 3. The van der Waals surface area contributed by atoms with Crippen molar-refractivity contribution in [2.45, 2.75) is 6.92 Å². The highest BCUT2D eigenvalue weighted by Gasteiger charge is 2.06. The third-order valence-electron chi connectivity index (χ3n) is 2.04. The monoisotopic (exact) mass is 203 g/mol. The Morgan fingerprint density at radius 3 is 2.47 bits per heavy atom. The van der Waals surface area contributed by atoms with Crippen LogP contribution >= 0.6 is 0 Å². The van der Waals surface area contributed by atoms with E-state index in [2.05, 4.69) is 5.16 Å². The molecule has 2 rings (SSSR count). The summed E-state index contributed by atoms with van der Waals surface area (Å²) in [5.74, 6) is -0.292. The van der Waals surface area contributed by atoms with Gasteiger partial charge < -0.3 is 9.63 Å². The lowest BCUT2D eigenvalue weighted by Crippen LogP contribution is -1.94. The highest BCUT2D eigenvalue weighted by molar-refractivity contribution is 5.88. The number of nitrogens with zero attached hydrogens (tertiary/aromatic N) is 1. The van der Waals surface area contributed by atoms with Gasteiger partial charge in [-0.3, -0.25) is 0 Å². The zero-order chi connectivity index (χ0) is 10.8. The molecule has 1 N–H and O–H groups in total. The molecular formula is C11H9NO3. The number of aromatic carboxylic acids is 1. The second kappa shape index (κ2) is 3.57. The van der Waals surface area contributed by atoms with Crippen molar-refractivity contribution in [1.82, 2.24) is 5.16 Å². The molecule has 0 amide bonds. The lowest BCUT2D eigenvalue weighted by molar-refractivity contribution is 0.0697. The molecule has 0 bridgehead atoms. The van der Waals surface area contributed by atoms with E-state index in [1.54, 1.807) is 18.2 Å². The van der Waals surface area contributed by atoms with Gasteiger partial charge in [0.2, 0.25) is 0 Å². The van der Waals surface area contributed by atoms with E-state index in [1.165, 1.54) is 12.1 Å². The summed E-state index contributed by atoms with van der Waals surface area (Å²) in [7, 11) is 0. The maximum Gasteiger partial charge on any atom is 0.335 e. The summed E-state index contributed by atoms with van der Waals surface area (Å²) in [6, 6.07) is 8.27. The van der Waals surface area contributed by atoms with Gasteiger partial charge in [-0.15, -0.1) is 0 Å². The van der Waals surface area contributed by atoms with Crippen molar-refractivity contribution in [2.75, 3.05) is 0 Å². The van der Waals surface area contributed by atoms with Gasteiger partial charge in [-0.05, 0) is 19.1 Å². The molecule has 0 aliphatic heterocycles. The molecule has 0 saturated carbocycles. The van der Waals surface area contributed by atoms with E-state index < -0.39 is 5.97 Å². The molecular weight excluding hydrogens is 194 g/mol. The molecule has 0 aliphatic rings. The smallest absolute Gasteiger partial charge is 0.335 e. The number of benzene rings is 1. The Morgan fingerprint density at radius 1 is 1.33 bits per heavy atom. The molecule has 4 nitrogen and oxygen atoms in total. The first-order valence-electron chi connectivity index (χ1n) is 4.44. The molecule has 4 heteroatoms. The highest BCUT2D eigenvalue weighted by atomic mass is 16.5. The van der Waals surface area contributed by atoms with Gasteiger partial charge in [0.25, 0.3) is 0 Å². The fraction of sp³-hybridized carbons (Fsp3) is 0.0909. The summed E-state index contributed by atoms with van der Waals surface area (Å²) in [5, 5.41) is 12.5. The molecule has 2 aromatic rings. The Bertz CT molecular complexity index is 485. The topological polar surface area (TPSA) is 63.3 Å². The minimum absolute atomic E-state index is 0.259. The molecule has 0 saturated heterocycles. The van der Waals surface area contributed by atoms with E-state index in [1.807, 2.05) is 6.92 Å². The van der Waals surface area contributed by atoms with Crippen LogP contribution in [-0.2, 0) is 0 Å². The SMILES string of the molecule is Cc1cc(-c2ccc(C(=O)O)cc2)on1. The van der Waals surface area contributed by atoms with E-state index in [4.69, 9.17) is 9.63 Å². The van der Waals surface area contributed by atoms with E-state index in [0.717, 1.165) is 11.3 Å². The van der Waals surface area contributed by atoms with Gasteiger partial charge in [-0.25, -0.2) is 4.79 Å². The van der Waals surface area contributed by atoms with Crippen LogP contribution in [0, 0.1) is 6.92 Å². The van der Waals surface area contributed by atoms with Crippen molar-refractivity contribution in [3.8, 4) is 11.3 Å². The van der Waals surface area contributed by atoms with Gasteiger partial charge in [0, 0.05) is 11.6 Å². The Labute approximate surface area is 86.1 Å². The van der Waals surface area contributed by atoms with Gasteiger partial charge in [-0.1, -0.05) is 17.3 Å². The van der Waals surface area contributed by atoms with E-state index in [-0.39, 0.29) is 5.56 Å². The number of aromatic nitrogens is 1. The zero-order valence-electron chi connectivity index (χ0n) is 8.10. The van der Waals surface area contributed by atoms with Gasteiger partial charge >= 0.3 is 5.97 Å². The third kappa shape index (κ3) is 1.88. The first kappa shape index (κ1) is 9.45. The fourth-order valence-electron chi connectivity index (χ4n) is 1.28. The molecule has 1 aromatic heterocycles. The van der Waals surface area contributed by atoms with E-state index >= 15 is 0 Å². The summed E-state index contributed by atoms with van der Waals surface area (Å²) in [6.45, 7) is 1.83. The maximum atomic E-state index is 10.6. The highest BCUT2D eigenvalue weighted by Crippen LogP contribution is 2.20. The Morgan fingerprint density at radius 2 is 2.00 bits per heavy atom. The number of aryl methyl sites for hydroxylation is 1. The third-order valence-corrected chi connectivity index (χ3v) is 2.04. The van der Waals surface area contributed by atoms with Crippen molar-refractivity contribution in [3.63, 3.8) is 0 Å². The fourth-order valence-corrected chi connectivity index (χ4v) is 1.28. The van der Waals surface area contributed by atoms with Gasteiger partial charge in [0.05, 0.1) is 11.3 Å². The van der Waals surface area contributed by atoms with Crippen LogP contribution in [0.4, 0.5) is 0 Å². The molecule has 15 heavy (non-hydrogen) atoms. The lowest BCUT2D eigenvalue weighted by atomic mass is 10.1. The Balaban J connectivity index is 2.35. The van der Waals surface area contributed by atoms with Gasteiger partial charge in [-0.2, -0.15) is 0 Å². The summed E-state index contributed by atoms with van der Waals surface area (Å²) >= 11 is 0. The van der Waals surface area contributed by atoms with Crippen molar-refractivity contribution < 1.29 is 14.4 Å². The second-order valence-corrected chi connectivity index (χ2v) is 3.22. The van der Waals surface area contributed by atoms with Crippen molar-refractivity contribution in [2.24, 2.45) is 0 Å². The molecule has 0 spiro atoms. The largest absolute Gasteiger partial charge is 0.478 e. The number of carbonyl (C=O) groups is 1. The molecule has 1 heterocycles. The van der Waals surface area contributed by atoms with E-state index in [0.29, 0.717) is 5.76 Å². The number of rotatable bonds is 2. The van der Waals surface area contributed by atoms with Crippen LogP contribution in [0.5, 0.6) is 0 Å². The van der Waals surface area contributed by atoms with Crippen LogP contribution in [0.15, 0.2) is 34.9 Å². The molecule has 0 radical (unpaired) electrons. The van der Waals surface area contributed by atoms with Gasteiger partial charge in [0.15, 0.2) is 5.76 Å². The van der Waals surface area contributed by atoms with Crippen LogP contribution < -0.4 is 0 Å². The molecule has 0 fully saturated rings. The van der Waals surface area contributed by atoms with Crippen LogP contribution in [-0.4, -0.2) is 16.2 Å². The average Bonchev–Trinajstić information content (AvgIpc) is 2.65. The van der Waals surface area contributed by atoms with Gasteiger partial charge in [0.1, 0.15) is 0 Å². The predicted octanol–water partition coefficient (Wildman–Crippen LogP) is 2.35. The summed E-state index contributed by atoms with van der Waals surface area (Å²) in [5.41, 5.74) is 1.88. The predicted molar refractivity (Wildman–Crippen MR) is 53.6 cm³/mol. The maximum absolute atomic E-state index is 10.6. The Kier molecular flexibility index (Phi) is 2.25. The first-order chi connectivity index (χ1) is 7.16. The number of carboxylic acid groups (broad SMARTS) is 1. The standard InChI is InChI=1S/C11H9NO3/c1-7-6-10(15-12-7)8-2-4-9(5-3-8)11(13)14/h2-6H,1H3,(H,13,14). The van der Waals surface area contributed by atoms with Crippen molar-refractivity contribution >= 4 is 5.97 Å². The van der Waals surface area contributed by atoms with E-state index in [9.17, 15) is 4.79 Å². The molecule has 0 unspecified atom stereocenters. The van der Waals surface area contributed by atoms with Crippen LogP contribution in [0.25, 0.3) is 11.3 Å². The first-order valence-corrected chi connectivity index (χ1v) is 4.44. The van der Waals surface area contributed by atoms with Crippen molar-refractivity contribution in [1.29, 1.82) is 0 Å². The van der Waals surface area contributed by atoms with Crippen LogP contribution in [0.1, 0.15) is 16.1 Å². The summed E-state index contributed by atoms with van der Waals surface area (Å²) in [6.07, 6.45) is 0.